The molecule has 2 aliphatic heterocycles. The van der Waals surface area contributed by atoms with E-state index in [0.717, 1.165) is 31.3 Å². The van der Waals surface area contributed by atoms with Crippen molar-refractivity contribution in [3.63, 3.8) is 0 Å². The third-order valence-corrected chi connectivity index (χ3v) is 9.46. The van der Waals surface area contributed by atoms with Crippen LogP contribution in [0.5, 0.6) is 0 Å². The van der Waals surface area contributed by atoms with Gasteiger partial charge in [-0.25, -0.2) is 0 Å². The second kappa shape index (κ2) is 10.6. The highest BCUT2D eigenvalue weighted by Gasteiger charge is 2.52. The van der Waals surface area contributed by atoms with Gasteiger partial charge in [-0.15, -0.1) is 0 Å². The molecule has 5 aliphatic rings. The van der Waals surface area contributed by atoms with Crippen LogP contribution in [-0.2, 0) is 14.3 Å². The van der Waals surface area contributed by atoms with Crippen molar-refractivity contribution in [3.05, 3.63) is 0 Å². The van der Waals surface area contributed by atoms with Crippen molar-refractivity contribution in [2.24, 2.45) is 23.7 Å². The van der Waals surface area contributed by atoms with E-state index >= 15 is 0 Å². The third-order valence-electron chi connectivity index (χ3n) is 9.46. The summed E-state index contributed by atoms with van der Waals surface area (Å²) in [6, 6.07) is 3.02. The molecule has 0 spiro atoms. The van der Waals surface area contributed by atoms with Crippen molar-refractivity contribution in [2.75, 3.05) is 32.8 Å². The summed E-state index contributed by atoms with van der Waals surface area (Å²) in [6.07, 6.45) is 12.6. The van der Waals surface area contributed by atoms with Gasteiger partial charge in [-0.2, -0.15) is 5.26 Å². The van der Waals surface area contributed by atoms with Crippen LogP contribution >= 0.6 is 0 Å². The summed E-state index contributed by atoms with van der Waals surface area (Å²) < 4.78 is 5.69. The van der Waals surface area contributed by atoms with E-state index < -0.39 is 11.6 Å². The van der Waals surface area contributed by atoms with E-state index in [1.807, 2.05) is 0 Å². The Balaban J connectivity index is 1.24. The molecule has 5 fully saturated rings. The van der Waals surface area contributed by atoms with Gasteiger partial charge in [0, 0.05) is 44.6 Å². The van der Waals surface area contributed by atoms with Crippen molar-refractivity contribution in [2.45, 2.75) is 94.7 Å². The van der Waals surface area contributed by atoms with Crippen molar-refractivity contribution in [3.8, 4) is 6.07 Å². The van der Waals surface area contributed by atoms with Crippen molar-refractivity contribution in [1.29, 1.82) is 5.26 Å². The molecule has 3 aliphatic carbocycles. The maximum absolute atomic E-state index is 13.6. The Kier molecular flexibility index (Phi) is 7.58. The van der Waals surface area contributed by atoms with Crippen LogP contribution in [0.15, 0.2) is 0 Å². The van der Waals surface area contributed by atoms with E-state index in [1.54, 1.807) is 0 Å². The molecule has 2 saturated heterocycles. The molecule has 0 radical (unpaired) electrons. The van der Waals surface area contributed by atoms with E-state index in [-0.39, 0.29) is 24.0 Å². The minimum Gasteiger partial charge on any atom is -0.368 e. The fourth-order valence-electron chi connectivity index (χ4n) is 7.40. The number of carbonyl (C=O) groups is 2. The van der Waals surface area contributed by atoms with Gasteiger partial charge in [0.05, 0.1) is 12.7 Å². The van der Waals surface area contributed by atoms with Crippen LogP contribution < -0.4 is 10.6 Å². The lowest BCUT2D eigenvalue weighted by molar-refractivity contribution is -0.137. The highest BCUT2D eigenvalue weighted by atomic mass is 16.5. The first-order chi connectivity index (χ1) is 16.6. The molecule has 0 aromatic carbocycles. The zero-order chi connectivity index (χ0) is 23.5. The fraction of sp³-hybridized carbons (Fsp3) is 0.889. The average molecular weight is 471 g/mol. The highest BCUT2D eigenvalue weighted by molar-refractivity contribution is 5.90. The molecule has 7 heteroatoms. The standard InChI is InChI=1S/C27H42N4O3/c28-17-27(10-12-31(18-27)20-6-2-1-3-7-20)30-26(33)19(14-23-21-8-4-5-9-22(21)23)15-24(32)25-16-29-11-13-34-25/h19-23,25,29H,1-16,18H2,(H,30,33). The van der Waals surface area contributed by atoms with Gasteiger partial charge in [-0.3, -0.25) is 14.5 Å². The van der Waals surface area contributed by atoms with E-state index in [1.165, 1.54) is 57.8 Å². The lowest BCUT2D eigenvalue weighted by Gasteiger charge is -2.32. The minimum atomic E-state index is -0.824. The normalized spacial score (nSPS) is 37.4. The molecule has 0 bridgehead atoms. The number of ether oxygens (including phenoxy) is 1. The van der Waals surface area contributed by atoms with Gasteiger partial charge in [0.15, 0.2) is 5.78 Å². The molecule has 0 aromatic heterocycles. The molecule has 5 unspecified atom stereocenters. The molecule has 34 heavy (non-hydrogen) atoms. The summed E-state index contributed by atoms with van der Waals surface area (Å²) >= 11 is 0. The summed E-state index contributed by atoms with van der Waals surface area (Å²) in [6.45, 7) is 3.32. The Morgan fingerprint density at radius 3 is 2.53 bits per heavy atom. The number of hydrogen-bond acceptors (Lipinski definition) is 6. The van der Waals surface area contributed by atoms with E-state index in [9.17, 15) is 14.9 Å². The highest BCUT2D eigenvalue weighted by Crippen LogP contribution is 2.58. The second-order valence-corrected chi connectivity index (χ2v) is 11.6. The molecule has 188 valence electrons. The number of morpholine rings is 1. The zero-order valence-corrected chi connectivity index (χ0v) is 20.6. The summed E-state index contributed by atoms with van der Waals surface area (Å²) in [4.78, 5) is 29.1. The largest absolute Gasteiger partial charge is 0.368 e. The zero-order valence-electron chi connectivity index (χ0n) is 20.6. The first kappa shape index (κ1) is 24.2. The smallest absolute Gasteiger partial charge is 0.224 e. The average Bonchev–Trinajstić information content (AvgIpc) is 3.41. The number of nitrogens with zero attached hydrogens (tertiary/aromatic N) is 2. The van der Waals surface area contributed by atoms with E-state index in [4.69, 9.17) is 4.74 Å². The number of hydrogen-bond donors (Lipinski definition) is 2. The predicted molar refractivity (Wildman–Crippen MR) is 129 cm³/mol. The van der Waals surface area contributed by atoms with Crippen LogP contribution in [0.4, 0.5) is 0 Å². The van der Waals surface area contributed by atoms with Crippen molar-refractivity contribution < 1.29 is 14.3 Å². The maximum atomic E-state index is 13.6. The van der Waals surface area contributed by atoms with Gasteiger partial charge in [-0.1, -0.05) is 32.1 Å². The van der Waals surface area contributed by atoms with Crippen molar-refractivity contribution in [1.82, 2.24) is 15.5 Å². The Bertz CT molecular complexity index is 773. The molecule has 1 amide bonds. The molecule has 0 aromatic rings. The van der Waals surface area contributed by atoms with Crippen LogP contribution in [0.25, 0.3) is 0 Å². The number of amides is 1. The van der Waals surface area contributed by atoms with Crippen LogP contribution in [0.1, 0.15) is 77.0 Å². The van der Waals surface area contributed by atoms with Crippen LogP contribution in [0.2, 0.25) is 0 Å². The summed E-state index contributed by atoms with van der Waals surface area (Å²) in [7, 11) is 0. The number of ketones is 1. The van der Waals surface area contributed by atoms with Gasteiger partial charge in [0.2, 0.25) is 5.91 Å². The number of nitrogens with one attached hydrogen (secondary N) is 2. The molecule has 3 saturated carbocycles. The number of Topliss-reactive ketones (excluding diaryl/α,β-unsaturated/α-hetero) is 1. The number of carbonyl (C=O) groups excluding carboxylic acids is 2. The van der Waals surface area contributed by atoms with Gasteiger partial charge in [0.25, 0.3) is 0 Å². The van der Waals surface area contributed by atoms with E-state index in [2.05, 4.69) is 21.6 Å². The SMILES string of the molecule is N#CC1(NC(=O)C(CC(=O)C2CNCCO2)CC2C3CCCCC32)CCN(C2CCCCC2)C1. The molecule has 5 rings (SSSR count). The van der Waals surface area contributed by atoms with Crippen LogP contribution in [0, 0.1) is 35.0 Å². The molecular formula is C27H42N4O3. The maximum Gasteiger partial charge on any atom is 0.224 e. The predicted octanol–water partition coefficient (Wildman–Crippen LogP) is 2.79. The molecule has 5 atom stereocenters. The first-order valence-corrected chi connectivity index (χ1v) is 13.9. The topological polar surface area (TPSA) is 94.5 Å². The lowest BCUT2D eigenvalue weighted by atomic mass is 9.90. The van der Waals surface area contributed by atoms with Gasteiger partial charge in [-0.05, 0) is 56.3 Å². The van der Waals surface area contributed by atoms with E-state index in [0.29, 0.717) is 38.1 Å². The summed E-state index contributed by atoms with van der Waals surface area (Å²) in [5.41, 5.74) is -0.824. The van der Waals surface area contributed by atoms with Gasteiger partial charge < -0.3 is 15.4 Å². The van der Waals surface area contributed by atoms with Gasteiger partial charge >= 0.3 is 0 Å². The Hall–Kier alpha value is -1.49. The Labute approximate surface area is 204 Å². The summed E-state index contributed by atoms with van der Waals surface area (Å²) in [5.74, 6) is 1.62. The molecular weight excluding hydrogens is 428 g/mol. The van der Waals surface area contributed by atoms with Crippen LogP contribution in [0.3, 0.4) is 0 Å². The Morgan fingerprint density at radius 2 is 1.85 bits per heavy atom. The Morgan fingerprint density at radius 1 is 1.12 bits per heavy atom. The quantitative estimate of drug-likeness (QED) is 0.567. The second-order valence-electron chi connectivity index (χ2n) is 11.6. The fourth-order valence-corrected chi connectivity index (χ4v) is 7.40. The van der Waals surface area contributed by atoms with Gasteiger partial charge in [0.1, 0.15) is 11.6 Å². The summed E-state index contributed by atoms with van der Waals surface area (Å²) in [5, 5.41) is 16.5. The monoisotopic (exact) mass is 470 g/mol. The molecule has 7 nitrogen and oxygen atoms in total. The number of fused-ring (bicyclic) bond motifs is 1. The van der Waals surface area contributed by atoms with Crippen molar-refractivity contribution >= 4 is 11.7 Å². The number of rotatable bonds is 8. The number of likely N-dealkylation sites (tertiary alicyclic amines) is 1. The number of nitriles is 1. The lowest BCUT2D eigenvalue weighted by Crippen LogP contribution is -2.53. The first-order valence-electron chi connectivity index (χ1n) is 13.9. The minimum absolute atomic E-state index is 0.0252. The third kappa shape index (κ3) is 5.34. The molecule has 2 heterocycles. The molecule has 2 N–H and O–H groups in total. The van der Waals surface area contributed by atoms with Crippen LogP contribution in [-0.4, -0.2) is 67.1 Å².